The molecule has 0 saturated heterocycles. The van der Waals surface area contributed by atoms with E-state index in [1.54, 1.807) is 0 Å². The van der Waals surface area contributed by atoms with Crippen LogP contribution >= 0.6 is 27.7 Å². The first-order valence-electron chi connectivity index (χ1n) is 5.43. The monoisotopic (exact) mass is 285 g/mol. The highest BCUT2D eigenvalue weighted by molar-refractivity contribution is 9.10. The summed E-state index contributed by atoms with van der Waals surface area (Å²) in [6, 6.07) is 8.90. The van der Waals surface area contributed by atoms with Crippen molar-refractivity contribution in [2.24, 2.45) is 5.73 Å². The summed E-state index contributed by atoms with van der Waals surface area (Å²) < 4.78 is 1.14. The van der Waals surface area contributed by atoms with Crippen molar-refractivity contribution in [2.75, 3.05) is 0 Å². The Morgan fingerprint density at radius 2 is 1.80 bits per heavy atom. The lowest BCUT2D eigenvalue weighted by molar-refractivity contribution is 0.453. The minimum Gasteiger partial charge on any atom is -0.327 e. The van der Waals surface area contributed by atoms with Crippen LogP contribution in [0.4, 0.5) is 0 Å². The molecule has 2 rings (SSSR count). The SMILES string of the molecule is NC1CCCCC1Sc1ccc(Br)cc1. The summed E-state index contributed by atoms with van der Waals surface area (Å²) in [7, 11) is 0. The van der Waals surface area contributed by atoms with Gasteiger partial charge in [-0.05, 0) is 37.1 Å². The van der Waals surface area contributed by atoms with Gasteiger partial charge in [0.2, 0.25) is 0 Å². The Balaban J connectivity index is 1.98. The fourth-order valence-electron chi connectivity index (χ4n) is 1.96. The van der Waals surface area contributed by atoms with Crippen LogP contribution in [0.25, 0.3) is 0 Å². The van der Waals surface area contributed by atoms with Crippen molar-refractivity contribution < 1.29 is 0 Å². The fourth-order valence-corrected chi connectivity index (χ4v) is 3.46. The first-order valence-corrected chi connectivity index (χ1v) is 7.11. The third-order valence-corrected chi connectivity index (χ3v) is 4.82. The zero-order valence-corrected chi connectivity index (χ0v) is 11.1. The molecule has 1 aromatic carbocycles. The van der Waals surface area contributed by atoms with E-state index in [9.17, 15) is 0 Å². The molecule has 3 heteroatoms. The van der Waals surface area contributed by atoms with Crippen LogP contribution in [0.1, 0.15) is 25.7 Å². The number of hydrogen-bond donors (Lipinski definition) is 1. The van der Waals surface area contributed by atoms with Gasteiger partial charge in [-0.2, -0.15) is 0 Å². The molecule has 0 aliphatic heterocycles. The van der Waals surface area contributed by atoms with Crippen LogP contribution in [0, 0.1) is 0 Å². The van der Waals surface area contributed by atoms with E-state index in [0.29, 0.717) is 11.3 Å². The van der Waals surface area contributed by atoms with E-state index < -0.39 is 0 Å². The molecule has 2 unspecified atom stereocenters. The Morgan fingerprint density at radius 3 is 2.47 bits per heavy atom. The average Bonchev–Trinajstić information content (AvgIpc) is 2.25. The normalized spacial score (nSPS) is 26.5. The van der Waals surface area contributed by atoms with Gasteiger partial charge in [-0.25, -0.2) is 0 Å². The predicted molar refractivity (Wildman–Crippen MR) is 70.2 cm³/mol. The number of hydrogen-bond acceptors (Lipinski definition) is 2. The Hall–Kier alpha value is 0.01000. The minimum atomic E-state index is 0.382. The minimum absolute atomic E-state index is 0.382. The number of halogens is 1. The zero-order chi connectivity index (χ0) is 10.7. The Morgan fingerprint density at radius 1 is 1.13 bits per heavy atom. The Labute approximate surface area is 104 Å². The van der Waals surface area contributed by atoms with Crippen LogP contribution in [0.15, 0.2) is 33.6 Å². The molecule has 2 atom stereocenters. The molecule has 0 spiro atoms. The molecule has 1 fully saturated rings. The van der Waals surface area contributed by atoms with Crippen molar-refractivity contribution in [1.82, 2.24) is 0 Å². The van der Waals surface area contributed by atoms with Crippen LogP contribution in [0.2, 0.25) is 0 Å². The molecule has 0 radical (unpaired) electrons. The number of thioether (sulfide) groups is 1. The fraction of sp³-hybridized carbons (Fsp3) is 0.500. The van der Waals surface area contributed by atoms with Crippen LogP contribution in [0.5, 0.6) is 0 Å². The molecule has 1 saturated carbocycles. The molecule has 82 valence electrons. The van der Waals surface area contributed by atoms with Crippen molar-refractivity contribution in [3.63, 3.8) is 0 Å². The molecule has 1 aliphatic rings. The summed E-state index contributed by atoms with van der Waals surface area (Å²) in [5.74, 6) is 0. The molecular formula is C12H16BrNS. The average molecular weight is 286 g/mol. The van der Waals surface area contributed by atoms with E-state index in [4.69, 9.17) is 5.73 Å². The molecule has 1 aromatic rings. The lowest BCUT2D eigenvalue weighted by Crippen LogP contribution is -2.35. The van der Waals surface area contributed by atoms with E-state index in [-0.39, 0.29) is 0 Å². The van der Waals surface area contributed by atoms with Crippen molar-refractivity contribution >= 4 is 27.7 Å². The van der Waals surface area contributed by atoms with Crippen LogP contribution in [0.3, 0.4) is 0 Å². The first kappa shape index (κ1) is 11.5. The van der Waals surface area contributed by atoms with Gasteiger partial charge in [-0.1, -0.05) is 28.8 Å². The summed E-state index contributed by atoms with van der Waals surface area (Å²) in [5, 5.41) is 0.611. The molecule has 0 bridgehead atoms. The molecule has 0 amide bonds. The second kappa shape index (κ2) is 5.37. The van der Waals surface area contributed by atoms with Gasteiger partial charge in [-0.15, -0.1) is 11.8 Å². The van der Waals surface area contributed by atoms with Crippen LogP contribution in [-0.4, -0.2) is 11.3 Å². The maximum absolute atomic E-state index is 6.13. The van der Waals surface area contributed by atoms with Crippen molar-refractivity contribution in [3.8, 4) is 0 Å². The zero-order valence-electron chi connectivity index (χ0n) is 8.66. The van der Waals surface area contributed by atoms with Crippen molar-refractivity contribution in [1.29, 1.82) is 0 Å². The second-order valence-corrected chi connectivity index (χ2v) is 6.29. The highest BCUT2D eigenvalue weighted by Gasteiger charge is 2.22. The van der Waals surface area contributed by atoms with E-state index in [0.717, 1.165) is 4.47 Å². The maximum atomic E-state index is 6.13. The Kier molecular flexibility index (Phi) is 4.12. The lowest BCUT2D eigenvalue weighted by Gasteiger charge is -2.27. The summed E-state index contributed by atoms with van der Waals surface area (Å²) in [5.41, 5.74) is 6.13. The molecule has 1 aliphatic carbocycles. The van der Waals surface area contributed by atoms with Gasteiger partial charge >= 0.3 is 0 Å². The Bertz CT molecular complexity index is 312. The summed E-state index contributed by atoms with van der Waals surface area (Å²) in [6.45, 7) is 0. The molecular weight excluding hydrogens is 270 g/mol. The van der Waals surface area contributed by atoms with Gasteiger partial charge in [0.25, 0.3) is 0 Å². The van der Waals surface area contributed by atoms with Gasteiger partial charge < -0.3 is 5.73 Å². The third kappa shape index (κ3) is 3.23. The number of nitrogens with two attached hydrogens (primary N) is 1. The summed E-state index contributed by atoms with van der Waals surface area (Å²) >= 11 is 5.38. The molecule has 0 heterocycles. The van der Waals surface area contributed by atoms with Crippen LogP contribution < -0.4 is 5.73 Å². The van der Waals surface area contributed by atoms with Gasteiger partial charge in [0.15, 0.2) is 0 Å². The topological polar surface area (TPSA) is 26.0 Å². The van der Waals surface area contributed by atoms with E-state index in [1.807, 2.05) is 11.8 Å². The highest BCUT2D eigenvalue weighted by atomic mass is 79.9. The third-order valence-electron chi connectivity index (χ3n) is 2.85. The van der Waals surface area contributed by atoms with Gasteiger partial charge in [0.05, 0.1) is 0 Å². The van der Waals surface area contributed by atoms with Crippen molar-refractivity contribution in [3.05, 3.63) is 28.7 Å². The molecule has 0 aromatic heterocycles. The standard InChI is InChI=1S/C12H16BrNS/c13-9-5-7-10(8-6-9)15-12-4-2-1-3-11(12)14/h5-8,11-12H,1-4,14H2. The molecule has 1 nitrogen and oxygen atoms in total. The van der Waals surface area contributed by atoms with Gasteiger partial charge in [0.1, 0.15) is 0 Å². The quantitative estimate of drug-likeness (QED) is 0.894. The predicted octanol–water partition coefficient (Wildman–Crippen LogP) is 3.81. The largest absolute Gasteiger partial charge is 0.327 e. The van der Waals surface area contributed by atoms with E-state index in [1.165, 1.54) is 30.6 Å². The maximum Gasteiger partial charge on any atom is 0.0246 e. The van der Waals surface area contributed by atoms with Gasteiger partial charge in [-0.3, -0.25) is 0 Å². The molecule has 15 heavy (non-hydrogen) atoms. The first-order chi connectivity index (χ1) is 7.25. The van der Waals surface area contributed by atoms with Crippen LogP contribution in [-0.2, 0) is 0 Å². The summed E-state index contributed by atoms with van der Waals surface area (Å²) in [6.07, 6.45) is 5.09. The van der Waals surface area contributed by atoms with Crippen molar-refractivity contribution in [2.45, 2.75) is 41.9 Å². The lowest BCUT2D eigenvalue weighted by atomic mass is 9.96. The highest BCUT2D eigenvalue weighted by Crippen LogP contribution is 2.33. The second-order valence-electron chi connectivity index (χ2n) is 4.06. The number of rotatable bonds is 2. The number of benzene rings is 1. The van der Waals surface area contributed by atoms with Gasteiger partial charge in [0, 0.05) is 20.7 Å². The van der Waals surface area contributed by atoms with E-state index >= 15 is 0 Å². The summed E-state index contributed by atoms with van der Waals surface area (Å²) in [4.78, 5) is 1.33. The van der Waals surface area contributed by atoms with E-state index in [2.05, 4.69) is 40.2 Å². The smallest absolute Gasteiger partial charge is 0.0246 e. The molecule has 2 N–H and O–H groups in total.